The lowest BCUT2D eigenvalue weighted by atomic mass is 9.97. The Morgan fingerprint density at radius 1 is 0.775 bits per heavy atom. The van der Waals surface area contributed by atoms with Gasteiger partial charge < -0.3 is 20.9 Å². The molecule has 0 aliphatic carbocycles. The first kappa shape index (κ1) is 28.0. The second-order valence-corrected chi connectivity index (χ2v) is 9.71. The Labute approximate surface area is 226 Å². The molecule has 0 fully saturated rings. The summed E-state index contributed by atoms with van der Waals surface area (Å²) in [4.78, 5) is 77.1. The highest BCUT2D eigenvalue weighted by Gasteiger charge is 2.26. The van der Waals surface area contributed by atoms with Gasteiger partial charge in [0.1, 0.15) is 0 Å². The molecule has 0 amide bonds. The predicted molar refractivity (Wildman–Crippen MR) is 153 cm³/mol. The fourth-order valence-corrected chi connectivity index (χ4v) is 4.58. The first-order valence-corrected chi connectivity index (χ1v) is 12.3. The molecule has 4 N–H and O–H groups in total. The van der Waals surface area contributed by atoms with Gasteiger partial charge in [0.15, 0.2) is 10.9 Å². The van der Waals surface area contributed by atoms with Crippen molar-refractivity contribution in [3.05, 3.63) is 89.7 Å². The number of nitrogen functional groups attached to an aromatic ring is 2. The van der Waals surface area contributed by atoms with Crippen molar-refractivity contribution in [3.8, 4) is 0 Å². The van der Waals surface area contributed by atoms with Crippen molar-refractivity contribution in [2.45, 2.75) is 26.8 Å². The molecule has 11 heteroatoms. The van der Waals surface area contributed by atoms with Gasteiger partial charge in [-0.15, -0.1) is 0 Å². The van der Waals surface area contributed by atoms with Crippen molar-refractivity contribution in [2.24, 2.45) is 5.92 Å². The van der Waals surface area contributed by atoms with Crippen LogP contribution in [-0.2, 0) is 25.6 Å². The maximum absolute atomic E-state index is 13.4. The van der Waals surface area contributed by atoms with Crippen molar-refractivity contribution in [1.82, 2.24) is 4.57 Å². The molecule has 0 radical (unpaired) electrons. The number of nitrogens with two attached hydrogens (primary N) is 2. The standard InChI is InChI=1S/C29H27N3O8/c1-13(2)28(37)39-11-15(12-40-29(38)14(3)4)9-10-32-26(35)20-21(27(32)36)23(31)19-18(22(20)30)24(33)16-7-5-6-8-17(16)25(19)34/h5-8,15H,1,3,9-12,30-31H2,2,4H3. The van der Waals surface area contributed by atoms with Crippen LogP contribution in [0.25, 0.3) is 32.3 Å². The molecule has 206 valence electrons. The molecular weight excluding hydrogens is 518 g/mol. The molecule has 0 spiro atoms. The summed E-state index contributed by atoms with van der Waals surface area (Å²) in [5.41, 5.74) is 9.54. The van der Waals surface area contributed by atoms with Gasteiger partial charge in [-0.2, -0.15) is 0 Å². The molecule has 0 aliphatic heterocycles. The summed E-state index contributed by atoms with van der Waals surface area (Å²) < 4.78 is 11.3. The van der Waals surface area contributed by atoms with Crippen LogP contribution in [0.2, 0.25) is 0 Å². The minimum Gasteiger partial charge on any atom is -0.462 e. The fourth-order valence-electron chi connectivity index (χ4n) is 4.58. The first-order valence-electron chi connectivity index (χ1n) is 12.3. The van der Waals surface area contributed by atoms with E-state index in [1.54, 1.807) is 12.1 Å². The zero-order valence-electron chi connectivity index (χ0n) is 22.0. The van der Waals surface area contributed by atoms with Crippen molar-refractivity contribution >= 4 is 55.6 Å². The molecule has 4 aromatic rings. The Kier molecular flexibility index (Phi) is 7.41. The number of ether oxygens (including phenoxy) is 2. The van der Waals surface area contributed by atoms with E-state index in [0.29, 0.717) is 0 Å². The van der Waals surface area contributed by atoms with Crippen molar-refractivity contribution in [2.75, 3.05) is 24.7 Å². The molecule has 4 rings (SSSR count). The Balaban J connectivity index is 1.80. The highest BCUT2D eigenvalue weighted by Crippen LogP contribution is 2.31. The van der Waals surface area contributed by atoms with E-state index in [4.69, 9.17) is 20.9 Å². The van der Waals surface area contributed by atoms with Gasteiger partial charge in [-0.1, -0.05) is 37.4 Å². The summed E-state index contributed by atoms with van der Waals surface area (Å²) in [6.45, 7) is 9.43. The number of hydrogen-bond donors (Lipinski definition) is 2. The van der Waals surface area contributed by atoms with Gasteiger partial charge in [0.05, 0.1) is 46.1 Å². The van der Waals surface area contributed by atoms with Crippen LogP contribution in [0.4, 0.5) is 11.4 Å². The van der Waals surface area contributed by atoms with E-state index in [9.17, 15) is 28.8 Å². The summed E-state index contributed by atoms with van der Waals surface area (Å²) in [5.74, 6) is -1.91. The van der Waals surface area contributed by atoms with Crippen LogP contribution in [0, 0.1) is 5.92 Å². The SMILES string of the molecule is C=C(C)C(=O)OCC(CCn1c(=O)c2c(N)c3c(=O)c4ccccc4c(=O)c3c(N)c2c1=O)COC(=O)C(=C)C. The van der Waals surface area contributed by atoms with Crippen LogP contribution in [-0.4, -0.2) is 29.7 Å². The summed E-state index contributed by atoms with van der Waals surface area (Å²) in [5, 5.41) is -0.674. The summed E-state index contributed by atoms with van der Waals surface area (Å²) >= 11 is 0. The average Bonchev–Trinajstić information content (AvgIpc) is 3.17. The Bertz CT molecular complexity index is 1830. The predicted octanol–water partition coefficient (Wildman–Crippen LogP) is 1.67. The van der Waals surface area contributed by atoms with Gasteiger partial charge in [-0.3, -0.25) is 23.7 Å². The fraction of sp³-hybridized carbons (Fsp3) is 0.241. The Hall–Kier alpha value is -5.06. The third kappa shape index (κ3) is 4.66. The van der Waals surface area contributed by atoms with Crippen LogP contribution < -0.4 is 33.4 Å². The van der Waals surface area contributed by atoms with Crippen molar-refractivity contribution in [1.29, 1.82) is 0 Å². The second kappa shape index (κ2) is 10.6. The van der Waals surface area contributed by atoms with Crippen LogP contribution in [0.1, 0.15) is 20.3 Å². The van der Waals surface area contributed by atoms with Gasteiger partial charge in [-0.25, -0.2) is 9.59 Å². The first-order chi connectivity index (χ1) is 18.9. The number of hydrogen-bond acceptors (Lipinski definition) is 10. The molecular formula is C29H27N3O8. The third-order valence-corrected chi connectivity index (χ3v) is 6.72. The normalized spacial score (nSPS) is 11.4. The Morgan fingerprint density at radius 3 is 1.55 bits per heavy atom. The van der Waals surface area contributed by atoms with Gasteiger partial charge in [-0.05, 0) is 20.3 Å². The molecule has 11 nitrogen and oxygen atoms in total. The van der Waals surface area contributed by atoms with E-state index in [1.165, 1.54) is 26.0 Å². The quantitative estimate of drug-likeness (QED) is 0.103. The highest BCUT2D eigenvalue weighted by atomic mass is 16.5. The van der Waals surface area contributed by atoms with Gasteiger partial charge in [0, 0.05) is 34.4 Å². The molecule has 0 unspecified atom stereocenters. The minimum absolute atomic E-state index is 0.0707. The minimum atomic E-state index is -0.789. The van der Waals surface area contributed by atoms with Crippen molar-refractivity contribution < 1.29 is 19.1 Å². The van der Waals surface area contributed by atoms with E-state index in [1.807, 2.05) is 0 Å². The monoisotopic (exact) mass is 545 g/mol. The largest absolute Gasteiger partial charge is 0.462 e. The maximum Gasteiger partial charge on any atom is 0.333 e. The number of nitrogens with zero attached hydrogens (tertiary/aromatic N) is 1. The number of anilines is 2. The average molecular weight is 546 g/mol. The zero-order chi connectivity index (χ0) is 29.5. The number of carbonyl (C=O) groups excluding carboxylic acids is 2. The molecule has 1 heterocycles. The summed E-state index contributed by atoms with van der Waals surface area (Å²) in [6.07, 6.45) is 0.0707. The highest BCUT2D eigenvalue weighted by molar-refractivity contribution is 6.20. The lowest BCUT2D eigenvalue weighted by molar-refractivity contribution is -0.144. The van der Waals surface area contributed by atoms with E-state index >= 15 is 0 Å². The molecule has 1 aromatic heterocycles. The topological polar surface area (TPSA) is 178 Å². The van der Waals surface area contributed by atoms with Crippen molar-refractivity contribution in [3.63, 3.8) is 0 Å². The van der Waals surface area contributed by atoms with Gasteiger partial charge >= 0.3 is 11.9 Å². The maximum atomic E-state index is 13.4. The lowest BCUT2D eigenvalue weighted by Gasteiger charge is -2.17. The van der Waals surface area contributed by atoms with Crippen LogP contribution >= 0.6 is 0 Å². The lowest BCUT2D eigenvalue weighted by Crippen LogP contribution is -2.29. The number of benzene rings is 3. The van der Waals surface area contributed by atoms with E-state index < -0.39 is 39.8 Å². The molecule has 40 heavy (non-hydrogen) atoms. The molecule has 0 aliphatic rings. The Morgan fingerprint density at radius 2 is 1.18 bits per heavy atom. The van der Waals surface area contributed by atoms with E-state index in [2.05, 4.69) is 13.2 Å². The van der Waals surface area contributed by atoms with Crippen LogP contribution in [0.15, 0.2) is 67.7 Å². The second-order valence-electron chi connectivity index (χ2n) is 9.71. The summed E-state index contributed by atoms with van der Waals surface area (Å²) in [7, 11) is 0. The number of fused-ring (bicyclic) bond motifs is 3. The summed E-state index contributed by atoms with van der Waals surface area (Å²) in [6, 6.07) is 6.14. The number of carbonyl (C=O) groups is 2. The number of esters is 2. The molecule has 0 saturated heterocycles. The number of rotatable bonds is 9. The smallest absolute Gasteiger partial charge is 0.333 e. The van der Waals surface area contributed by atoms with Gasteiger partial charge in [0.25, 0.3) is 11.1 Å². The molecule has 0 saturated carbocycles. The molecule has 3 aromatic carbocycles. The van der Waals surface area contributed by atoms with E-state index in [0.717, 1.165) is 4.57 Å². The number of aromatic nitrogens is 1. The van der Waals surface area contributed by atoms with Crippen LogP contribution in [0.3, 0.4) is 0 Å². The van der Waals surface area contributed by atoms with Crippen LogP contribution in [0.5, 0.6) is 0 Å². The van der Waals surface area contributed by atoms with Gasteiger partial charge in [0.2, 0.25) is 0 Å². The molecule has 0 atom stereocenters. The van der Waals surface area contributed by atoms with E-state index in [-0.39, 0.29) is 81.0 Å². The third-order valence-electron chi connectivity index (χ3n) is 6.72. The zero-order valence-corrected chi connectivity index (χ0v) is 22.0. The molecule has 0 bridgehead atoms.